The zero-order valence-corrected chi connectivity index (χ0v) is 17.9. The van der Waals surface area contributed by atoms with Crippen molar-refractivity contribution < 1.29 is 0 Å². The number of hydrogen-bond acceptors (Lipinski definition) is 1. The number of halogens is 1. The summed E-state index contributed by atoms with van der Waals surface area (Å²) < 4.78 is 1.26. The molecule has 1 nitrogen and oxygen atoms in total. The highest BCUT2D eigenvalue weighted by molar-refractivity contribution is 14.1. The van der Waals surface area contributed by atoms with Gasteiger partial charge in [0.2, 0.25) is 0 Å². The fourth-order valence-corrected chi connectivity index (χ4v) is 4.01. The third-order valence-electron chi connectivity index (χ3n) is 5.25. The Labute approximate surface area is 184 Å². The van der Waals surface area contributed by atoms with Crippen LogP contribution in [0.1, 0.15) is 0 Å². The number of pyridine rings is 1. The van der Waals surface area contributed by atoms with E-state index in [-0.39, 0.29) is 0 Å². The predicted octanol–water partition coefficient (Wildman–Crippen LogP) is 7.84. The minimum Gasteiger partial charge on any atom is -0.265 e. The Kier molecular flexibility index (Phi) is 4.86. The molecule has 0 N–H and O–H groups in total. The Hall–Kier alpha value is -2.98. The van der Waals surface area contributed by atoms with Crippen LogP contribution in [-0.4, -0.2) is 4.98 Å². The molecular weight excluding hydrogens is 465 g/mol. The molecule has 0 unspecified atom stereocenters. The van der Waals surface area contributed by atoms with Gasteiger partial charge in [-0.3, -0.25) is 4.98 Å². The standard InChI is InChI=1S/C27H18IN/c28-27-11-9-21(10-12-27)24-6-8-25-17-23(5-7-26(25)18-24)20-3-1-19(2-4-20)22-13-15-29-16-14-22/h1-18H. The zero-order valence-electron chi connectivity index (χ0n) is 15.7. The minimum atomic E-state index is 1.19. The Balaban J connectivity index is 1.47. The van der Waals surface area contributed by atoms with Crippen LogP contribution in [0.5, 0.6) is 0 Å². The summed E-state index contributed by atoms with van der Waals surface area (Å²) in [5.74, 6) is 0. The molecule has 4 aromatic carbocycles. The van der Waals surface area contributed by atoms with Gasteiger partial charge in [-0.25, -0.2) is 0 Å². The summed E-state index contributed by atoms with van der Waals surface area (Å²) in [5, 5.41) is 2.52. The maximum atomic E-state index is 4.09. The lowest BCUT2D eigenvalue weighted by atomic mass is 9.96. The molecule has 0 aliphatic heterocycles. The van der Waals surface area contributed by atoms with Gasteiger partial charge in [0.05, 0.1) is 0 Å². The molecule has 0 amide bonds. The van der Waals surface area contributed by atoms with Gasteiger partial charge in [0.25, 0.3) is 0 Å². The van der Waals surface area contributed by atoms with E-state index in [1.165, 1.54) is 47.7 Å². The maximum absolute atomic E-state index is 4.09. The Bertz CT molecular complexity index is 1270. The average Bonchev–Trinajstić information content (AvgIpc) is 2.80. The first kappa shape index (κ1) is 18.1. The lowest BCUT2D eigenvalue weighted by molar-refractivity contribution is 1.33. The second kappa shape index (κ2) is 7.80. The van der Waals surface area contributed by atoms with Crippen molar-refractivity contribution in [3.63, 3.8) is 0 Å². The number of benzene rings is 4. The van der Waals surface area contributed by atoms with Crippen molar-refractivity contribution >= 4 is 33.4 Å². The summed E-state index contributed by atoms with van der Waals surface area (Å²) in [5.41, 5.74) is 7.37. The SMILES string of the molecule is Ic1ccc(-c2ccc3cc(-c4ccc(-c5ccncc5)cc4)ccc3c2)cc1. The molecule has 0 bridgehead atoms. The highest BCUT2D eigenvalue weighted by Gasteiger charge is 2.04. The molecule has 29 heavy (non-hydrogen) atoms. The summed E-state index contributed by atoms with van der Waals surface area (Å²) in [6.45, 7) is 0. The summed E-state index contributed by atoms with van der Waals surface area (Å²) >= 11 is 2.34. The first-order valence-electron chi connectivity index (χ1n) is 9.57. The number of hydrogen-bond donors (Lipinski definition) is 0. The van der Waals surface area contributed by atoms with Gasteiger partial charge in [-0.1, -0.05) is 60.7 Å². The van der Waals surface area contributed by atoms with Gasteiger partial charge in [-0.2, -0.15) is 0 Å². The molecule has 0 spiro atoms. The van der Waals surface area contributed by atoms with Crippen LogP contribution in [0.15, 0.2) is 109 Å². The van der Waals surface area contributed by atoms with E-state index in [9.17, 15) is 0 Å². The van der Waals surface area contributed by atoms with E-state index in [0.717, 1.165) is 0 Å². The van der Waals surface area contributed by atoms with Gasteiger partial charge >= 0.3 is 0 Å². The summed E-state index contributed by atoms with van der Waals surface area (Å²) in [4.78, 5) is 4.09. The largest absolute Gasteiger partial charge is 0.265 e. The van der Waals surface area contributed by atoms with Crippen molar-refractivity contribution in [1.29, 1.82) is 0 Å². The molecule has 1 heterocycles. The van der Waals surface area contributed by atoms with Gasteiger partial charge < -0.3 is 0 Å². The zero-order chi connectivity index (χ0) is 19.6. The van der Waals surface area contributed by atoms with E-state index >= 15 is 0 Å². The molecule has 0 radical (unpaired) electrons. The van der Waals surface area contributed by atoms with Crippen LogP contribution in [0.2, 0.25) is 0 Å². The number of aromatic nitrogens is 1. The van der Waals surface area contributed by atoms with Crippen LogP contribution in [0, 0.1) is 3.57 Å². The molecule has 5 aromatic rings. The topological polar surface area (TPSA) is 12.9 Å². The van der Waals surface area contributed by atoms with Crippen molar-refractivity contribution in [1.82, 2.24) is 4.98 Å². The third-order valence-corrected chi connectivity index (χ3v) is 5.97. The Morgan fingerprint density at radius 3 is 1.31 bits per heavy atom. The molecule has 0 aliphatic rings. The highest BCUT2D eigenvalue weighted by Crippen LogP contribution is 2.30. The fraction of sp³-hybridized carbons (Fsp3) is 0. The van der Waals surface area contributed by atoms with E-state index in [2.05, 4.69) is 113 Å². The maximum Gasteiger partial charge on any atom is 0.0273 e. The van der Waals surface area contributed by atoms with Crippen LogP contribution < -0.4 is 0 Å². The third kappa shape index (κ3) is 3.81. The van der Waals surface area contributed by atoms with Crippen molar-refractivity contribution in [2.24, 2.45) is 0 Å². The Morgan fingerprint density at radius 2 is 0.793 bits per heavy atom. The number of fused-ring (bicyclic) bond motifs is 1. The predicted molar refractivity (Wildman–Crippen MR) is 131 cm³/mol. The molecule has 0 fully saturated rings. The molecule has 138 valence electrons. The van der Waals surface area contributed by atoms with Crippen LogP contribution in [0.4, 0.5) is 0 Å². The summed E-state index contributed by atoms with van der Waals surface area (Å²) in [6, 6.07) is 34.9. The summed E-state index contributed by atoms with van der Waals surface area (Å²) in [7, 11) is 0. The molecule has 2 heteroatoms. The van der Waals surface area contributed by atoms with Crippen molar-refractivity contribution in [2.75, 3.05) is 0 Å². The van der Waals surface area contributed by atoms with E-state index < -0.39 is 0 Å². The van der Waals surface area contributed by atoms with Crippen LogP contribution in [0.3, 0.4) is 0 Å². The van der Waals surface area contributed by atoms with Gasteiger partial charge in [0, 0.05) is 16.0 Å². The average molecular weight is 483 g/mol. The molecule has 0 atom stereocenters. The van der Waals surface area contributed by atoms with Crippen LogP contribution >= 0.6 is 22.6 Å². The Morgan fingerprint density at radius 1 is 0.414 bits per heavy atom. The van der Waals surface area contributed by atoms with Gasteiger partial charge in [0.1, 0.15) is 0 Å². The lowest BCUT2D eigenvalue weighted by Gasteiger charge is -2.08. The van der Waals surface area contributed by atoms with E-state index in [1.54, 1.807) is 0 Å². The van der Waals surface area contributed by atoms with E-state index in [1.807, 2.05) is 24.5 Å². The first-order valence-corrected chi connectivity index (χ1v) is 10.6. The number of rotatable bonds is 3. The molecule has 5 rings (SSSR count). The van der Waals surface area contributed by atoms with Crippen molar-refractivity contribution in [3.05, 3.63) is 113 Å². The van der Waals surface area contributed by atoms with Crippen molar-refractivity contribution in [2.45, 2.75) is 0 Å². The van der Waals surface area contributed by atoms with Gasteiger partial charge in [-0.05, 0) is 103 Å². The second-order valence-corrected chi connectivity index (χ2v) is 8.34. The van der Waals surface area contributed by atoms with Crippen LogP contribution in [0.25, 0.3) is 44.2 Å². The van der Waals surface area contributed by atoms with Gasteiger partial charge in [-0.15, -0.1) is 0 Å². The van der Waals surface area contributed by atoms with Crippen molar-refractivity contribution in [3.8, 4) is 33.4 Å². The van der Waals surface area contributed by atoms with Crippen LogP contribution in [-0.2, 0) is 0 Å². The normalized spacial score (nSPS) is 10.9. The molecule has 0 saturated carbocycles. The lowest BCUT2D eigenvalue weighted by Crippen LogP contribution is -1.83. The molecular formula is C27H18IN. The smallest absolute Gasteiger partial charge is 0.0273 e. The first-order chi connectivity index (χ1) is 14.3. The van der Waals surface area contributed by atoms with E-state index in [4.69, 9.17) is 0 Å². The quantitative estimate of drug-likeness (QED) is 0.238. The monoisotopic (exact) mass is 483 g/mol. The molecule has 0 aliphatic carbocycles. The number of nitrogens with zero attached hydrogens (tertiary/aromatic N) is 1. The van der Waals surface area contributed by atoms with E-state index in [0.29, 0.717) is 0 Å². The fourth-order valence-electron chi connectivity index (χ4n) is 3.65. The molecule has 0 saturated heterocycles. The second-order valence-electron chi connectivity index (χ2n) is 7.10. The molecule has 1 aromatic heterocycles. The highest BCUT2D eigenvalue weighted by atomic mass is 127. The minimum absolute atomic E-state index is 1.19. The summed E-state index contributed by atoms with van der Waals surface area (Å²) in [6.07, 6.45) is 3.66. The van der Waals surface area contributed by atoms with Gasteiger partial charge in [0.15, 0.2) is 0 Å².